The normalized spacial score (nSPS) is 10.6. The van der Waals surface area contributed by atoms with Crippen molar-refractivity contribution in [3.63, 3.8) is 0 Å². The molecule has 0 unspecified atom stereocenters. The fraction of sp³-hybridized carbons (Fsp3) is 0.190. The standard InChI is InChI=1S/C21H22NO3.HI/c1-22-16(10-9-15-7-5-6-8-19(15)22)11-12-18-20(24-3)13-17(23-2)14-21(18)25-4;/h5-14H,1-4H3;1H/q+1;/p-1/b12-11+;. The number of hydrogen-bond acceptors (Lipinski definition) is 3. The third kappa shape index (κ3) is 3.93. The highest BCUT2D eigenvalue weighted by Crippen LogP contribution is 2.35. The lowest BCUT2D eigenvalue weighted by Crippen LogP contribution is -3.00. The predicted molar refractivity (Wildman–Crippen MR) is 100 cm³/mol. The summed E-state index contributed by atoms with van der Waals surface area (Å²) in [7, 11) is 6.96. The van der Waals surface area contributed by atoms with Crippen LogP contribution in [0.3, 0.4) is 0 Å². The van der Waals surface area contributed by atoms with Gasteiger partial charge in [0.15, 0.2) is 0 Å². The quantitative estimate of drug-likeness (QED) is 0.416. The topological polar surface area (TPSA) is 31.6 Å². The Bertz CT molecular complexity index is 913. The highest BCUT2D eigenvalue weighted by Gasteiger charge is 2.13. The van der Waals surface area contributed by atoms with Gasteiger partial charge in [0.2, 0.25) is 11.2 Å². The number of halogens is 1. The Morgan fingerprint density at radius 2 is 1.46 bits per heavy atom. The molecule has 0 aliphatic carbocycles. The summed E-state index contributed by atoms with van der Waals surface area (Å²) >= 11 is 0. The van der Waals surface area contributed by atoms with Crippen LogP contribution in [0, 0.1) is 0 Å². The number of nitrogens with zero attached hydrogens (tertiary/aromatic N) is 1. The second-order valence-corrected chi connectivity index (χ2v) is 5.65. The molecule has 0 aliphatic rings. The fourth-order valence-corrected chi connectivity index (χ4v) is 2.89. The molecule has 1 heterocycles. The molecule has 0 fully saturated rings. The molecular weight excluding hydrogens is 441 g/mol. The molecule has 0 spiro atoms. The van der Waals surface area contributed by atoms with E-state index in [0.717, 1.165) is 11.3 Å². The van der Waals surface area contributed by atoms with Gasteiger partial charge >= 0.3 is 0 Å². The summed E-state index contributed by atoms with van der Waals surface area (Å²) in [5.74, 6) is 2.11. The Kier molecular flexibility index (Phi) is 6.85. The van der Waals surface area contributed by atoms with Crippen LogP contribution in [0.25, 0.3) is 23.1 Å². The van der Waals surface area contributed by atoms with E-state index in [1.807, 2.05) is 30.3 Å². The molecule has 0 saturated carbocycles. The van der Waals surface area contributed by atoms with Crippen LogP contribution in [0.1, 0.15) is 11.3 Å². The van der Waals surface area contributed by atoms with E-state index in [0.29, 0.717) is 17.2 Å². The van der Waals surface area contributed by atoms with Crippen molar-refractivity contribution < 1.29 is 42.8 Å². The zero-order chi connectivity index (χ0) is 17.8. The highest BCUT2D eigenvalue weighted by molar-refractivity contribution is 5.79. The summed E-state index contributed by atoms with van der Waals surface area (Å²) in [6.45, 7) is 0. The maximum atomic E-state index is 5.50. The van der Waals surface area contributed by atoms with Gasteiger partial charge in [-0.05, 0) is 18.2 Å². The first-order chi connectivity index (χ1) is 12.2. The van der Waals surface area contributed by atoms with Gasteiger partial charge < -0.3 is 38.2 Å². The van der Waals surface area contributed by atoms with E-state index in [4.69, 9.17) is 14.2 Å². The number of benzene rings is 2. The van der Waals surface area contributed by atoms with Crippen molar-refractivity contribution in [2.45, 2.75) is 0 Å². The number of rotatable bonds is 5. The van der Waals surface area contributed by atoms with Crippen LogP contribution in [0.5, 0.6) is 17.2 Å². The molecule has 136 valence electrons. The second kappa shape index (κ2) is 8.89. The number of ether oxygens (including phenoxy) is 3. The molecule has 3 rings (SSSR count). The van der Waals surface area contributed by atoms with Crippen LogP contribution < -0.4 is 42.8 Å². The van der Waals surface area contributed by atoms with Crippen molar-refractivity contribution in [2.75, 3.05) is 21.3 Å². The van der Waals surface area contributed by atoms with Gasteiger partial charge in [0.1, 0.15) is 24.3 Å². The van der Waals surface area contributed by atoms with Gasteiger partial charge in [0.05, 0.1) is 26.9 Å². The molecule has 4 nitrogen and oxygen atoms in total. The van der Waals surface area contributed by atoms with Crippen LogP contribution in [-0.4, -0.2) is 21.3 Å². The minimum atomic E-state index is 0. The molecule has 0 radical (unpaired) electrons. The van der Waals surface area contributed by atoms with Crippen molar-refractivity contribution in [2.24, 2.45) is 7.05 Å². The lowest BCUT2D eigenvalue weighted by molar-refractivity contribution is -0.646. The van der Waals surface area contributed by atoms with E-state index in [1.165, 1.54) is 10.9 Å². The summed E-state index contributed by atoms with van der Waals surface area (Å²) < 4.78 is 18.5. The molecule has 0 amide bonds. The number of aryl methyl sites for hydroxylation is 1. The number of pyridine rings is 1. The molecule has 3 aromatic rings. The van der Waals surface area contributed by atoms with E-state index >= 15 is 0 Å². The SMILES string of the molecule is COc1cc(OC)c(/C=C/c2ccc3ccccc3[n+]2C)c(OC)c1.[I-]. The van der Waals surface area contributed by atoms with E-state index in [1.54, 1.807) is 21.3 Å². The maximum absolute atomic E-state index is 5.50. The number of fused-ring (bicyclic) bond motifs is 1. The van der Waals surface area contributed by atoms with Gasteiger partial charge in [0.25, 0.3) is 0 Å². The average molecular weight is 463 g/mol. The highest BCUT2D eigenvalue weighted by atomic mass is 127. The fourth-order valence-electron chi connectivity index (χ4n) is 2.89. The number of methoxy groups -OCH3 is 3. The molecule has 5 heteroatoms. The Morgan fingerprint density at radius 3 is 2.08 bits per heavy atom. The smallest absolute Gasteiger partial charge is 0.212 e. The zero-order valence-corrected chi connectivity index (χ0v) is 17.5. The van der Waals surface area contributed by atoms with Gasteiger partial charge in [0, 0.05) is 35.7 Å². The molecule has 0 bridgehead atoms. The Hall–Kier alpha value is -2.28. The Balaban J connectivity index is 0.00000243. The molecule has 0 aliphatic heterocycles. The van der Waals surface area contributed by atoms with Crippen molar-refractivity contribution in [1.82, 2.24) is 0 Å². The van der Waals surface area contributed by atoms with Gasteiger partial charge in [-0.25, -0.2) is 0 Å². The second-order valence-electron chi connectivity index (χ2n) is 5.65. The van der Waals surface area contributed by atoms with E-state index in [-0.39, 0.29) is 24.0 Å². The van der Waals surface area contributed by atoms with Crippen LogP contribution in [-0.2, 0) is 7.05 Å². The number of aromatic nitrogens is 1. The van der Waals surface area contributed by atoms with Crippen molar-refractivity contribution in [3.8, 4) is 17.2 Å². The molecular formula is C21H22INO3. The molecule has 26 heavy (non-hydrogen) atoms. The van der Waals surface area contributed by atoms with E-state index < -0.39 is 0 Å². The summed E-state index contributed by atoms with van der Waals surface area (Å²) in [5, 5.41) is 1.21. The summed E-state index contributed by atoms with van der Waals surface area (Å²) in [4.78, 5) is 0. The molecule has 2 aromatic carbocycles. The lowest BCUT2D eigenvalue weighted by Gasteiger charge is -2.12. The Morgan fingerprint density at radius 1 is 0.808 bits per heavy atom. The Labute approximate surface area is 171 Å². The summed E-state index contributed by atoms with van der Waals surface area (Å²) in [6.07, 6.45) is 4.06. The molecule has 0 N–H and O–H groups in total. The zero-order valence-electron chi connectivity index (χ0n) is 15.3. The lowest BCUT2D eigenvalue weighted by atomic mass is 10.1. The molecule has 0 atom stereocenters. The third-order valence-electron chi connectivity index (χ3n) is 4.29. The van der Waals surface area contributed by atoms with Crippen LogP contribution in [0.2, 0.25) is 0 Å². The average Bonchev–Trinajstić information content (AvgIpc) is 2.67. The third-order valence-corrected chi connectivity index (χ3v) is 4.29. The first kappa shape index (κ1) is 20.0. The minimum Gasteiger partial charge on any atom is -1.00 e. The van der Waals surface area contributed by atoms with E-state index in [9.17, 15) is 0 Å². The number of para-hydroxylation sites is 1. The van der Waals surface area contributed by atoms with Gasteiger partial charge in [-0.3, -0.25) is 0 Å². The first-order valence-corrected chi connectivity index (χ1v) is 8.03. The van der Waals surface area contributed by atoms with Crippen molar-refractivity contribution >= 4 is 23.1 Å². The van der Waals surface area contributed by atoms with Gasteiger partial charge in [-0.1, -0.05) is 12.1 Å². The largest absolute Gasteiger partial charge is 1.00 e. The van der Waals surface area contributed by atoms with Crippen molar-refractivity contribution in [1.29, 1.82) is 0 Å². The van der Waals surface area contributed by atoms with Gasteiger partial charge in [-0.2, -0.15) is 4.57 Å². The van der Waals surface area contributed by atoms with E-state index in [2.05, 4.69) is 42.0 Å². The monoisotopic (exact) mass is 463 g/mol. The summed E-state index contributed by atoms with van der Waals surface area (Å²) in [5.41, 5.74) is 3.14. The number of hydrogen-bond donors (Lipinski definition) is 0. The minimum absolute atomic E-state index is 0. The maximum Gasteiger partial charge on any atom is 0.212 e. The predicted octanol–water partition coefficient (Wildman–Crippen LogP) is 0.864. The molecule has 1 aromatic heterocycles. The molecule has 0 saturated heterocycles. The van der Waals surface area contributed by atoms with Gasteiger partial charge in [-0.15, -0.1) is 0 Å². The van der Waals surface area contributed by atoms with Crippen molar-refractivity contribution in [3.05, 3.63) is 59.8 Å². The first-order valence-electron chi connectivity index (χ1n) is 8.03. The van der Waals surface area contributed by atoms with Crippen LogP contribution >= 0.6 is 0 Å². The summed E-state index contributed by atoms with van der Waals surface area (Å²) in [6, 6.07) is 16.2. The van der Waals surface area contributed by atoms with Crippen LogP contribution in [0.15, 0.2) is 48.5 Å². The van der Waals surface area contributed by atoms with Crippen LogP contribution in [0.4, 0.5) is 0 Å².